The summed E-state index contributed by atoms with van der Waals surface area (Å²) in [5, 5.41) is 0. The largest absolute Gasteiger partial charge is 0.496 e. The van der Waals surface area contributed by atoms with Gasteiger partial charge in [0.05, 0.1) is 7.11 Å². The zero-order chi connectivity index (χ0) is 46.1. The summed E-state index contributed by atoms with van der Waals surface area (Å²) in [6.45, 7) is 61.9. The number of rotatable bonds is 5. The Morgan fingerprint density at radius 3 is 0.655 bits per heavy atom. The molecule has 0 aromatic heterocycles. The van der Waals surface area contributed by atoms with Gasteiger partial charge in [0.25, 0.3) is 0 Å². The summed E-state index contributed by atoms with van der Waals surface area (Å²) in [7, 11) is 1.79. The minimum Gasteiger partial charge on any atom is -0.496 e. The van der Waals surface area contributed by atoms with Crippen molar-refractivity contribution in [1.82, 2.24) is 0 Å². The van der Waals surface area contributed by atoms with Gasteiger partial charge in [-0.1, -0.05) is 235 Å². The number of methoxy groups -OCH3 is 1. The van der Waals surface area contributed by atoms with Crippen LogP contribution in [-0.2, 0) is 48.7 Å². The lowest BCUT2D eigenvalue weighted by Crippen LogP contribution is -2.23. The van der Waals surface area contributed by atoms with E-state index in [4.69, 9.17) is 4.74 Å². The van der Waals surface area contributed by atoms with Crippen molar-refractivity contribution in [2.75, 3.05) is 7.11 Å². The normalized spacial score (nSPS) is 13.7. The summed E-state index contributed by atoms with van der Waals surface area (Å²) in [5.41, 5.74) is 14.4. The highest BCUT2D eigenvalue weighted by Crippen LogP contribution is 2.43. The Hall–Kier alpha value is -2.54. The first-order valence-electron chi connectivity index (χ1n) is 22.6. The molecule has 0 spiro atoms. The van der Waals surface area contributed by atoms with Crippen molar-refractivity contribution in [2.24, 2.45) is 0 Å². The van der Waals surface area contributed by atoms with Gasteiger partial charge < -0.3 is 4.74 Å². The van der Waals surface area contributed by atoms with Crippen LogP contribution in [0, 0.1) is 0 Å². The maximum Gasteiger partial charge on any atom is 0.126 e. The van der Waals surface area contributed by atoms with E-state index >= 15 is 0 Å². The second kappa shape index (κ2) is 18.2. The quantitative estimate of drug-likeness (QED) is 0.250. The molecule has 0 bridgehead atoms. The summed E-state index contributed by atoms with van der Waals surface area (Å²) in [6.07, 6.45) is 2.35. The van der Waals surface area contributed by atoms with Crippen LogP contribution in [0.15, 0.2) is 48.5 Å². The van der Waals surface area contributed by atoms with Crippen molar-refractivity contribution >= 4 is 0 Å². The van der Waals surface area contributed by atoms with Gasteiger partial charge in [-0.15, -0.1) is 0 Å². The third-order valence-electron chi connectivity index (χ3n) is 12.4. The second-order valence-corrected chi connectivity index (χ2v) is 25.9. The van der Waals surface area contributed by atoms with Crippen LogP contribution in [0.25, 0.3) is 0 Å². The summed E-state index contributed by atoms with van der Waals surface area (Å²) >= 11 is 0. The smallest absolute Gasteiger partial charge is 0.126 e. The van der Waals surface area contributed by atoms with Crippen LogP contribution in [0.1, 0.15) is 250 Å². The van der Waals surface area contributed by atoms with E-state index in [1.165, 1.54) is 62.9 Å². The van der Waals surface area contributed by atoms with E-state index in [2.05, 4.69) is 235 Å². The Labute approximate surface area is 363 Å². The molecule has 330 valence electrons. The standard InChI is InChI=1S/C20H34.C19H32O.C18H30/c1-10-19(6,7)16-12-15(18(3,4)5)13-17(14-16)20(8,9)11-2;1-17(2,3)13-11-14(18(4,5)6)16(20-10)15(12-13)19(7,8)9;1-16(2,3)13-10-14(17(4,5)6)12-15(11-13)18(7,8)9/h12-14H,10-11H2,1-9H3;11-12H,1-10H3;10-12H,1-9H3. The minimum absolute atomic E-state index is 0.0760. The lowest BCUT2D eigenvalue weighted by molar-refractivity contribution is 0.380. The molecule has 0 saturated heterocycles. The number of benzene rings is 3. The fourth-order valence-electron chi connectivity index (χ4n) is 6.57. The Morgan fingerprint density at radius 1 is 0.293 bits per heavy atom. The number of hydrogen-bond donors (Lipinski definition) is 0. The van der Waals surface area contributed by atoms with Gasteiger partial charge in [-0.3, -0.25) is 0 Å². The summed E-state index contributed by atoms with van der Waals surface area (Å²) < 4.78 is 5.80. The zero-order valence-electron chi connectivity index (χ0n) is 43.9. The van der Waals surface area contributed by atoms with E-state index in [1.54, 1.807) is 7.11 Å². The van der Waals surface area contributed by atoms with Crippen molar-refractivity contribution in [3.8, 4) is 5.75 Å². The molecule has 0 unspecified atom stereocenters. The molecule has 0 fully saturated rings. The van der Waals surface area contributed by atoms with Crippen LogP contribution in [0.2, 0.25) is 0 Å². The van der Waals surface area contributed by atoms with Crippen LogP contribution in [0.5, 0.6) is 5.75 Å². The number of hydrogen-bond acceptors (Lipinski definition) is 1. The molecule has 0 aliphatic rings. The highest BCUT2D eigenvalue weighted by Gasteiger charge is 2.31. The van der Waals surface area contributed by atoms with Gasteiger partial charge in [0.1, 0.15) is 5.75 Å². The summed E-state index contributed by atoms with van der Waals surface area (Å²) in [5.74, 6) is 1.05. The average Bonchev–Trinajstić information content (AvgIpc) is 3.05. The Kier molecular flexibility index (Phi) is 16.8. The molecule has 58 heavy (non-hydrogen) atoms. The molecule has 3 rings (SSSR count). The maximum absolute atomic E-state index is 5.80. The van der Waals surface area contributed by atoms with Gasteiger partial charge in [0.2, 0.25) is 0 Å². The second-order valence-electron chi connectivity index (χ2n) is 25.9. The molecule has 0 amide bonds. The van der Waals surface area contributed by atoms with Gasteiger partial charge in [-0.05, 0) is 101 Å². The zero-order valence-corrected chi connectivity index (χ0v) is 43.9. The topological polar surface area (TPSA) is 9.23 Å². The van der Waals surface area contributed by atoms with Crippen molar-refractivity contribution in [2.45, 2.75) is 249 Å². The molecule has 0 saturated carbocycles. The predicted molar refractivity (Wildman–Crippen MR) is 263 cm³/mol. The minimum atomic E-state index is 0.0760. The van der Waals surface area contributed by atoms with Gasteiger partial charge in [-0.2, -0.15) is 0 Å². The van der Waals surface area contributed by atoms with Crippen molar-refractivity contribution in [1.29, 1.82) is 0 Å². The molecular weight excluding hydrogens is 701 g/mol. The summed E-state index contributed by atoms with van der Waals surface area (Å²) in [4.78, 5) is 0. The highest BCUT2D eigenvalue weighted by atomic mass is 16.5. The molecule has 0 N–H and O–H groups in total. The van der Waals surface area contributed by atoms with Crippen molar-refractivity contribution < 1.29 is 4.74 Å². The maximum atomic E-state index is 5.80. The van der Waals surface area contributed by atoms with Gasteiger partial charge >= 0.3 is 0 Å². The summed E-state index contributed by atoms with van der Waals surface area (Å²) in [6, 6.07) is 19.1. The van der Waals surface area contributed by atoms with Crippen molar-refractivity contribution in [3.05, 3.63) is 98.6 Å². The highest BCUT2D eigenvalue weighted by molar-refractivity contribution is 5.52. The molecule has 0 radical (unpaired) electrons. The van der Waals surface area contributed by atoms with Gasteiger partial charge in [0, 0.05) is 11.1 Å². The Balaban J connectivity index is 0.000000436. The SMILES string of the molecule is CC(C)(C)c1cc(C(C)(C)C)cc(C(C)(C)C)c1.CCC(C)(C)c1cc(C(C)(C)C)cc(C(C)(C)CC)c1.COc1c(C(C)(C)C)cc(C(C)(C)C)cc1C(C)(C)C. The molecule has 0 heterocycles. The number of ether oxygens (including phenoxy) is 1. The van der Waals surface area contributed by atoms with Crippen LogP contribution in [0.3, 0.4) is 0 Å². The van der Waals surface area contributed by atoms with Gasteiger partial charge in [0.15, 0.2) is 0 Å². The van der Waals surface area contributed by atoms with E-state index in [0.29, 0.717) is 0 Å². The molecule has 0 atom stereocenters. The average molecular weight is 797 g/mol. The fraction of sp³-hybridized carbons (Fsp3) is 0.684. The monoisotopic (exact) mass is 797 g/mol. The van der Waals surface area contributed by atoms with Crippen LogP contribution < -0.4 is 4.74 Å². The van der Waals surface area contributed by atoms with Gasteiger partial charge in [-0.25, -0.2) is 0 Å². The first-order valence-corrected chi connectivity index (χ1v) is 22.6. The van der Waals surface area contributed by atoms with Crippen LogP contribution in [0.4, 0.5) is 0 Å². The van der Waals surface area contributed by atoms with E-state index in [0.717, 1.165) is 5.75 Å². The first kappa shape index (κ1) is 53.5. The fourth-order valence-corrected chi connectivity index (χ4v) is 6.57. The molecule has 0 aliphatic carbocycles. The molecule has 3 aromatic rings. The van der Waals surface area contributed by atoms with E-state index < -0.39 is 0 Å². The Morgan fingerprint density at radius 2 is 0.483 bits per heavy atom. The third kappa shape index (κ3) is 14.9. The molecule has 1 nitrogen and oxygen atoms in total. The Bertz CT molecular complexity index is 1630. The lowest BCUT2D eigenvalue weighted by Gasteiger charge is -2.32. The van der Waals surface area contributed by atoms with Crippen LogP contribution >= 0.6 is 0 Å². The molecule has 3 aromatic carbocycles. The third-order valence-corrected chi connectivity index (χ3v) is 12.4. The molecular formula is C57H96O. The first-order chi connectivity index (χ1) is 25.5. The molecule has 0 aliphatic heterocycles. The lowest BCUT2D eigenvalue weighted by atomic mass is 9.73. The van der Waals surface area contributed by atoms with E-state index in [9.17, 15) is 0 Å². The van der Waals surface area contributed by atoms with E-state index in [1.807, 2.05) is 0 Å². The van der Waals surface area contributed by atoms with Crippen molar-refractivity contribution in [3.63, 3.8) is 0 Å². The van der Waals surface area contributed by atoms with Crippen LogP contribution in [-0.4, -0.2) is 7.11 Å². The predicted octanol–water partition coefficient (Wildman–Crippen LogP) is 17.5. The van der Waals surface area contributed by atoms with E-state index in [-0.39, 0.29) is 48.7 Å². The molecule has 1 heteroatoms.